The van der Waals surface area contributed by atoms with Gasteiger partial charge in [0.15, 0.2) is 0 Å². The summed E-state index contributed by atoms with van der Waals surface area (Å²) in [6.45, 7) is 7.94. The van der Waals surface area contributed by atoms with Gasteiger partial charge in [0.2, 0.25) is 5.91 Å². The average Bonchev–Trinajstić information content (AvgIpc) is 3.23. The largest absolute Gasteiger partial charge is 0.469 e. The van der Waals surface area contributed by atoms with E-state index in [2.05, 4.69) is 42.3 Å². The van der Waals surface area contributed by atoms with E-state index in [-0.39, 0.29) is 17.7 Å². The molecule has 1 aromatic carbocycles. The van der Waals surface area contributed by atoms with Crippen LogP contribution in [0, 0.1) is 5.92 Å². The fourth-order valence-electron chi connectivity index (χ4n) is 3.19. The molecule has 3 rings (SSSR count). The molecule has 0 bridgehead atoms. The molecule has 24 heavy (non-hydrogen) atoms. The molecule has 0 aliphatic heterocycles. The van der Waals surface area contributed by atoms with Crippen molar-refractivity contribution < 1.29 is 9.21 Å². The van der Waals surface area contributed by atoms with Crippen LogP contribution < -0.4 is 5.32 Å². The Morgan fingerprint density at radius 2 is 1.92 bits per heavy atom. The Labute approximate surface area is 143 Å². The molecule has 2 unspecified atom stereocenters. The SMILES string of the molecule is CCN(CC)Cc1ccccc1CNC(=O)C1CC1c1ccco1. The molecule has 1 heterocycles. The standard InChI is InChI=1S/C20H26N2O2/c1-3-22(4-2)14-16-9-6-5-8-15(16)13-21-20(23)18-12-17(18)19-10-7-11-24-19/h5-11,17-18H,3-4,12-14H2,1-2H3,(H,21,23). The lowest BCUT2D eigenvalue weighted by Crippen LogP contribution is -2.27. The topological polar surface area (TPSA) is 45.5 Å². The van der Waals surface area contributed by atoms with Crippen molar-refractivity contribution in [2.45, 2.75) is 39.3 Å². The predicted octanol–water partition coefficient (Wildman–Crippen LogP) is 3.54. The summed E-state index contributed by atoms with van der Waals surface area (Å²) in [6.07, 6.45) is 2.56. The third-order valence-corrected chi connectivity index (χ3v) is 4.90. The lowest BCUT2D eigenvalue weighted by molar-refractivity contribution is -0.122. The van der Waals surface area contributed by atoms with Gasteiger partial charge in [-0.3, -0.25) is 9.69 Å². The first-order valence-electron chi connectivity index (χ1n) is 8.83. The maximum Gasteiger partial charge on any atom is 0.224 e. The molecule has 1 amide bonds. The Morgan fingerprint density at radius 1 is 1.17 bits per heavy atom. The Bertz CT molecular complexity index is 662. The highest BCUT2D eigenvalue weighted by molar-refractivity contribution is 5.82. The Hall–Kier alpha value is -2.07. The summed E-state index contributed by atoms with van der Waals surface area (Å²) >= 11 is 0. The van der Waals surface area contributed by atoms with Crippen LogP contribution in [0.4, 0.5) is 0 Å². The molecule has 1 aliphatic rings. The third kappa shape index (κ3) is 3.88. The minimum Gasteiger partial charge on any atom is -0.469 e. The van der Waals surface area contributed by atoms with E-state index in [0.717, 1.165) is 31.8 Å². The molecular weight excluding hydrogens is 300 g/mol. The zero-order valence-corrected chi connectivity index (χ0v) is 14.5. The quantitative estimate of drug-likeness (QED) is 0.807. The van der Waals surface area contributed by atoms with E-state index in [1.165, 1.54) is 11.1 Å². The van der Waals surface area contributed by atoms with E-state index in [9.17, 15) is 4.79 Å². The summed E-state index contributed by atoms with van der Waals surface area (Å²) in [7, 11) is 0. The van der Waals surface area contributed by atoms with Crippen molar-refractivity contribution in [3.8, 4) is 0 Å². The van der Waals surface area contributed by atoms with Crippen molar-refractivity contribution in [1.29, 1.82) is 0 Å². The molecule has 4 nitrogen and oxygen atoms in total. The fourth-order valence-corrected chi connectivity index (χ4v) is 3.19. The van der Waals surface area contributed by atoms with Crippen LogP contribution in [0.1, 0.15) is 43.1 Å². The van der Waals surface area contributed by atoms with Gasteiger partial charge < -0.3 is 9.73 Å². The normalized spacial score (nSPS) is 19.5. The number of rotatable bonds is 8. The van der Waals surface area contributed by atoms with E-state index in [1.54, 1.807) is 6.26 Å². The van der Waals surface area contributed by atoms with Crippen LogP contribution in [-0.4, -0.2) is 23.9 Å². The smallest absolute Gasteiger partial charge is 0.224 e. The molecule has 0 saturated heterocycles. The van der Waals surface area contributed by atoms with Gasteiger partial charge in [0, 0.05) is 24.9 Å². The van der Waals surface area contributed by atoms with Crippen molar-refractivity contribution in [1.82, 2.24) is 10.2 Å². The van der Waals surface area contributed by atoms with E-state index in [1.807, 2.05) is 18.2 Å². The molecular formula is C20H26N2O2. The van der Waals surface area contributed by atoms with Crippen molar-refractivity contribution in [3.63, 3.8) is 0 Å². The van der Waals surface area contributed by atoms with Gasteiger partial charge in [-0.05, 0) is 42.8 Å². The van der Waals surface area contributed by atoms with Crippen molar-refractivity contribution in [3.05, 3.63) is 59.5 Å². The Kier molecular flexibility index (Phi) is 5.36. The molecule has 0 spiro atoms. The first kappa shape index (κ1) is 16.8. The Morgan fingerprint density at radius 3 is 2.58 bits per heavy atom. The van der Waals surface area contributed by atoms with Gasteiger partial charge in [-0.2, -0.15) is 0 Å². The molecule has 2 aromatic rings. The van der Waals surface area contributed by atoms with E-state index in [0.29, 0.717) is 6.54 Å². The number of nitrogens with zero attached hydrogens (tertiary/aromatic N) is 1. The number of benzene rings is 1. The van der Waals surface area contributed by atoms with Gasteiger partial charge in [-0.15, -0.1) is 0 Å². The highest BCUT2D eigenvalue weighted by atomic mass is 16.3. The lowest BCUT2D eigenvalue weighted by Gasteiger charge is -2.20. The fraction of sp³-hybridized carbons (Fsp3) is 0.450. The van der Waals surface area contributed by atoms with Crippen LogP contribution in [0.2, 0.25) is 0 Å². The molecule has 1 aromatic heterocycles. The van der Waals surface area contributed by atoms with Crippen LogP contribution in [0.15, 0.2) is 47.1 Å². The number of hydrogen-bond donors (Lipinski definition) is 1. The molecule has 1 N–H and O–H groups in total. The summed E-state index contributed by atoms with van der Waals surface area (Å²) < 4.78 is 5.40. The maximum atomic E-state index is 12.4. The summed E-state index contributed by atoms with van der Waals surface area (Å²) in [6, 6.07) is 12.2. The first-order chi connectivity index (χ1) is 11.7. The van der Waals surface area contributed by atoms with E-state index >= 15 is 0 Å². The van der Waals surface area contributed by atoms with Gasteiger partial charge in [0.05, 0.1) is 6.26 Å². The van der Waals surface area contributed by atoms with Crippen LogP contribution in [-0.2, 0) is 17.9 Å². The maximum absolute atomic E-state index is 12.4. The summed E-state index contributed by atoms with van der Waals surface area (Å²) in [5.74, 6) is 1.38. The number of amides is 1. The average molecular weight is 326 g/mol. The highest BCUT2D eigenvalue weighted by Crippen LogP contribution is 2.47. The molecule has 1 fully saturated rings. The van der Waals surface area contributed by atoms with Crippen LogP contribution >= 0.6 is 0 Å². The number of nitrogens with one attached hydrogen (secondary N) is 1. The predicted molar refractivity (Wildman–Crippen MR) is 94.5 cm³/mol. The van der Waals surface area contributed by atoms with E-state index in [4.69, 9.17) is 4.42 Å². The first-order valence-corrected chi connectivity index (χ1v) is 8.83. The molecule has 1 saturated carbocycles. The molecule has 4 heteroatoms. The zero-order chi connectivity index (χ0) is 16.9. The van der Waals surface area contributed by atoms with Crippen molar-refractivity contribution in [2.24, 2.45) is 5.92 Å². The van der Waals surface area contributed by atoms with Crippen LogP contribution in [0.25, 0.3) is 0 Å². The lowest BCUT2D eigenvalue weighted by atomic mass is 10.1. The second-order valence-corrected chi connectivity index (χ2v) is 6.41. The van der Waals surface area contributed by atoms with Crippen LogP contribution in [0.3, 0.4) is 0 Å². The van der Waals surface area contributed by atoms with Crippen LogP contribution in [0.5, 0.6) is 0 Å². The second-order valence-electron chi connectivity index (χ2n) is 6.41. The van der Waals surface area contributed by atoms with Gasteiger partial charge in [0.1, 0.15) is 5.76 Å². The number of hydrogen-bond acceptors (Lipinski definition) is 3. The Balaban J connectivity index is 1.56. The molecule has 0 radical (unpaired) electrons. The third-order valence-electron chi connectivity index (χ3n) is 4.90. The van der Waals surface area contributed by atoms with Gasteiger partial charge >= 0.3 is 0 Å². The van der Waals surface area contributed by atoms with Crippen molar-refractivity contribution in [2.75, 3.05) is 13.1 Å². The van der Waals surface area contributed by atoms with Gasteiger partial charge in [-0.25, -0.2) is 0 Å². The van der Waals surface area contributed by atoms with Gasteiger partial charge in [0.25, 0.3) is 0 Å². The number of carbonyl (C=O) groups excluding carboxylic acids is 1. The van der Waals surface area contributed by atoms with E-state index < -0.39 is 0 Å². The highest BCUT2D eigenvalue weighted by Gasteiger charge is 2.45. The molecule has 128 valence electrons. The number of carbonyl (C=O) groups is 1. The minimum absolute atomic E-state index is 0.0612. The van der Waals surface area contributed by atoms with Crippen molar-refractivity contribution >= 4 is 5.91 Å². The summed E-state index contributed by atoms with van der Waals surface area (Å²) in [5, 5.41) is 3.10. The second kappa shape index (κ2) is 7.67. The zero-order valence-electron chi connectivity index (χ0n) is 14.5. The summed E-state index contributed by atoms with van der Waals surface area (Å²) in [4.78, 5) is 14.8. The monoisotopic (exact) mass is 326 g/mol. The molecule has 2 atom stereocenters. The minimum atomic E-state index is 0.0612. The van der Waals surface area contributed by atoms with Gasteiger partial charge in [-0.1, -0.05) is 38.1 Å². The number of furan rings is 1. The summed E-state index contributed by atoms with van der Waals surface area (Å²) in [5.41, 5.74) is 2.49. The molecule has 1 aliphatic carbocycles.